The van der Waals surface area contributed by atoms with Crippen LogP contribution in [0.4, 0.5) is 5.69 Å². The molecule has 7 heteroatoms. The molecule has 0 atom stereocenters. The number of imide groups is 1. The first-order valence-electron chi connectivity index (χ1n) is 9.91. The third kappa shape index (κ3) is 3.42. The molecule has 31 heavy (non-hydrogen) atoms. The van der Waals surface area contributed by atoms with Gasteiger partial charge in [0.15, 0.2) is 12.4 Å². The molecule has 2 aliphatic rings. The van der Waals surface area contributed by atoms with Gasteiger partial charge in [0.05, 0.1) is 11.1 Å². The predicted octanol–water partition coefficient (Wildman–Crippen LogP) is 2.71. The highest BCUT2D eigenvalue weighted by molar-refractivity contribution is 6.22. The predicted molar refractivity (Wildman–Crippen MR) is 114 cm³/mol. The normalized spacial score (nSPS) is 17.7. The van der Waals surface area contributed by atoms with Crippen LogP contribution in [0, 0.1) is 0 Å². The van der Waals surface area contributed by atoms with Crippen LogP contribution in [0.1, 0.15) is 40.1 Å². The number of ketones is 1. The summed E-state index contributed by atoms with van der Waals surface area (Å²) in [4.78, 5) is 52.2. The number of anilines is 1. The van der Waals surface area contributed by atoms with Crippen LogP contribution >= 0.6 is 0 Å². The lowest BCUT2D eigenvalue weighted by Gasteiger charge is -2.23. The van der Waals surface area contributed by atoms with Gasteiger partial charge in [-0.15, -0.1) is 0 Å². The lowest BCUT2D eigenvalue weighted by Crippen LogP contribution is -2.36. The Morgan fingerprint density at radius 1 is 0.968 bits per heavy atom. The quantitative estimate of drug-likeness (QED) is 0.422. The molecule has 2 amide bonds. The minimum atomic E-state index is -0.816. The molecule has 0 unspecified atom stereocenters. The third-order valence-electron chi connectivity index (χ3n) is 5.78. The minimum Gasteiger partial charge on any atom is -0.456 e. The van der Waals surface area contributed by atoms with E-state index >= 15 is 0 Å². The number of amides is 2. The van der Waals surface area contributed by atoms with E-state index in [1.165, 1.54) is 18.2 Å². The van der Waals surface area contributed by atoms with E-state index in [4.69, 9.17) is 4.74 Å². The molecule has 158 valence electrons. The van der Waals surface area contributed by atoms with Gasteiger partial charge in [-0.1, -0.05) is 44.2 Å². The van der Waals surface area contributed by atoms with E-state index in [0.717, 1.165) is 21.8 Å². The molecule has 7 nitrogen and oxygen atoms in total. The number of esters is 1. The number of para-hydroxylation sites is 1. The maximum Gasteiger partial charge on any atom is 0.326 e. The molecule has 2 aliphatic heterocycles. The number of hydrogen-bond acceptors (Lipinski definition) is 6. The van der Waals surface area contributed by atoms with Crippen LogP contribution in [0.25, 0.3) is 0 Å². The summed E-state index contributed by atoms with van der Waals surface area (Å²) in [7, 11) is 1.89. The van der Waals surface area contributed by atoms with Crippen molar-refractivity contribution in [3.05, 3.63) is 77.0 Å². The second kappa shape index (κ2) is 7.50. The Labute approximate surface area is 179 Å². The third-order valence-corrected chi connectivity index (χ3v) is 5.78. The number of allylic oxidation sites excluding steroid dienone is 1. The number of fused-ring (bicyclic) bond motifs is 2. The fraction of sp³-hybridized carbons (Fsp3) is 0.250. The summed E-state index contributed by atoms with van der Waals surface area (Å²) >= 11 is 0. The molecule has 4 rings (SSSR count). The van der Waals surface area contributed by atoms with Crippen molar-refractivity contribution in [1.82, 2.24) is 4.90 Å². The number of nitrogens with zero attached hydrogens (tertiary/aromatic N) is 2. The average Bonchev–Trinajstić information content (AvgIpc) is 3.11. The molecule has 0 fully saturated rings. The second-order valence-electron chi connectivity index (χ2n) is 8.10. The van der Waals surface area contributed by atoms with Crippen molar-refractivity contribution in [3.8, 4) is 0 Å². The van der Waals surface area contributed by atoms with Crippen LogP contribution in [0.15, 0.2) is 60.3 Å². The Morgan fingerprint density at radius 2 is 1.55 bits per heavy atom. The fourth-order valence-electron chi connectivity index (χ4n) is 4.16. The lowest BCUT2D eigenvalue weighted by atomic mass is 9.83. The molecular formula is C24H22N2O5. The fourth-order valence-corrected chi connectivity index (χ4v) is 4.16. The zero-order chi connectivity index (χ0) is 22.3. The first-order chi connectivity index (χ1) is 14.7. The van der Waals surface area contributed by atoms with Crippen molar-refractivity contribution in [2.75, 3.05) is 25.1 Å². The summed E-state index contributed by atoms with van der Waals surface area (Å²) in [5, 5.41) is 0. The van der Waals surface area contributed by atoms with E-state index in [1.807, 2.05) is 50.1 Å². The second-order valence-corrected chi connectivity index (χ2v) is 8.10. The minimum absolute atomic E-state index is 0.257. The van der Waals surface area contributed by atoms with Gasteiger partial charge in [-0.3, -0.25) is 24.1 Å². The van der Waals surface area contributed by atoms with Gasteiger partial charge in [0.1, 0.15) is 6.54 Å². The van der Waals surface area contributed by atoms with Gasteiger partial charge < -0.3 is 9.64 Å². The molecule has 0 spiro atoms. The standard InChI is InChI=1S/C24H22N2O5/c1-24(2)18-10-6-7-11-19(18)25(3)20(24)12-15(27)14-31-21(28)13-26-22(29)16-8-4-5-9-17(16)23(26)30/h4-12H,13-14H2,1-3H3. The summed E-state index contributed by atoms with van der Waals surface area (Å²) in [6.45, 7) is 3.06. The largest absolute Gasteiger partial charge is 0.456 e. The van der Waals surface area contributed by atoms with E-state index in [1.54, 1.807) is 12.1 Å². The van der Waals surface area contributed by atoms with Crippen molar-refractivity contribution in [1.29, 1.82) is 0 Å². The number of rotatable bonds is 5. The molecule has 0 bridgehead atoms. The van der Waals surface area contributed by atoms with Gasteiger partial charge in [-0.25, -0.2) is 0 Å². The van der Waals surface area contributed by atoms with Gasteiger partial charge in [-0.05, 0) is 23.8 Å². The molecule has 0 saturated heterocycles. The Bertz CT molecular complexity index is 1110. The number of likely N-dealkylation sites (N-methyl/N-ethyl adjacent to an activating group) is 1. The van der Waals surface area contributed by atoms with Crippen LogP contribution in [0.2, 0.25) is 0 Å². The number of ether oxygens (including phenoxy) is 1. The van der Waals surface area contributed by atoms with Crippen LogP contribution in [-0.2, 0) is 19.7 Å². The van der Waals surface area contributed by atoms with E-state index in [9.17, 15) is 19.2 Å². The van der Waals surface area contributed by atoms with E-state index in [-0.39, 0.29) is 22.3 Å². The van der Waals surface area contributed by atoms with E-state index in [2.05, 4.69) is 0 Å². The number of hydrogen-bond donors (Lipinski definition) is 0. The van der Waals surface area contributed by atoms with E-state index < -0.39 is 30.9 Å². The summed E-state index contributed by atoms with van der Waals surface area (Å²) in [5.74, 6) is -2.28. The van der Waals surface area contributed by atoms with Crippen LogP contribution < -0.4 is 4.90 Å². The molecular weight excluding hydrogens is 396 g/mol. The SMILES string of the molecule is CN1C(=CC(=O)COC(=O)CN2C(=O)c3ccccc3C2=O)C(C)(C)c2ccccc21. The highest BCUT2D eigenvalue weighted by Gasteiger charge is 2.39. The smallest absolute Gasteiger partial charge is 0.326 e. The van der Waals surface area contributed by atoms with Gasteiger partial charge >= 0.3 is 5.97 Å². The topological polar surface area (TPSA) is 84.0 Å². The maximum absolute atomic E-state index is 12.5. The average molecular weight is 418 g/mol. The van der Waals surface area contributed by atoms with Gasteiger partial charge in [-0.2, -0.15) is 0 Å². The molecule has 2 heterocycles. The molecule has 0 radical (unpaired) electrons. The number of carbonyl (C=O) groups is 4. The molecule has 2 aromatic carbocycles. The Kier molecular flexibility index (Phi) is 4.97. The van der Waals surface area contributed by atoms with Gasteiger partial charge in [0.25, 0.3) is 11.8 Å². The van der Waals surface area contributed by atoms with Crippen molar-refractivity contribution < 1.29 is 23.9 Å². The van der Waals surface area contributed by atoms with E-state index in [0.29, 0.717) is 0 Å². The summed E-state index contributed by atoms with van der Waals surface area (Å²) in [6.07, 6.45) is 1.48. The Balaban J connectivity index is 1.39. The Hall–Kier alpha value is -3.74. The zero-order valence-electron chi connectivity index (χ0n) is 17.5. The molecule has 0 aliphatic carbocycles. The highest BCUT2D eigenvalue weighted by atomic mass is 16.5. The first-order valence-corrected chi connectivity index (χ1v) is 9.91. The molecule has 0 N–H and O–H groups in total. The molecule has 0 aromatic heterocycles. The molecule has 2 aromatic rings. The lowest BCUT2D eigenvalue weighted by molar-refractivity contribution is -0.147. The van der Waals surface area contributed by atoms with Crippen LogP contribution in [0.5, 0.6) is 0 Å². The number of benzene rings is 2. The highest BCUT2D eigenvalue weighted by Crippen LogP contribution is 2.46. The summed E-state index contributed by atoms with van der Waals surface area (Å²) in [5.41, 5.74) is 3.08. The summed E-state index contributed by atoms with van der Waals surface area (Å²) < 4.78 is 5.05. The monoisotopic (exact) mass is 418 g/mol. The van der Waals surface area contributed by atoms with Crippen molar-refractivity contribution in [2.24, 2.45) is 0 Å². The zero-order valence-corrected chi connectivity index (χ0v) is 17.5. The van der Waals surface area contributed by atoms with Crippen LogP contribution in [0.3, 0.4) is 0 Å². The molecule has 0 saturated carbocycles. The van der Waals surface area contributed by atoms with Crippen molar-refractivity contribution in [2.45, 2.75) is 19.3 Å². The van der Waals surface area contributed by atoms with Crippen molar-refractivity contribution in [3.63, 3.8) is 0 Å². The summed E-state index contributed by atoms with van der Waals surface area (Å²) in [6, 6.07) is 14.3. The van der Waals surface area contributed by atoms with Crippen molar-refractivity contribution >= 4 is 29.3 Å². The Morgan fingerprint density at radius 3 is 2.16 bits per heavy atom. The van der Waals surface area contributed by atoms with Gasteiger partial charge in [0.2, 0.25) is 0 Å². The van der Waals surface area contributed by atoms with Crippen LogP contribution in [-0.4, -0.2) is 48.7 Å². The first kappa shape index (κ1) is 20.5. The number of carbonyl (C=O) groups excluding carboxylic acids is 4. The van der Waals surface area contributed by atoms with Gasteiger partial charge in [0, 0.05) is 29.9 Å². The maximum atomic E-state index is 12.5.